The van der Waals surface area contributed by atoms with Gasteiger partial charge in [-0.1, -0.05) is 41.5 Å². The third-order valence-corrected chi connectivity index (χ3v) is 5.03. The van der Waals surface area contributed by atoms with Gasteiger partial charge in [-0.05, 0) is 12.3 Å². The molecule has 5 nitrogen and oxygen atoms in total. The van der Waals surface area contributed by atoms with Gasteiger partial charge in [0.15, 0.2) is 23.3 Å². The maximum absolute atomic E-state index is 14.4. The molecule has 0 radical (unpaired) electrons. The molecule has 0 aliphatic carbocycles. The van der Waals surface area contributed by atoms with E-state index in [2.05, 4.69) is 9.97 Å². The van der Waals surface area contributed by atoms with Crippen molar-refractivity contribution in [1.82, 2.24) is 9.97 Å². The van der Waals surface area contributed by atoms with E-state index in [9.17, 15) is 22.4 Å². The molecular weight excluding hydrogens is 440 g/mol. The van der Waals surface area contributed by atoms with E-state index in [1.54, 1.807) is 27.7 Å². The number of carbonyl (C=O) groups excluding carboxylic acids is 1. The summed E-state index contributed by atoms with van der Waals surface area (Å²) in [6.45, 7) is 11.2. The van der Waals surface area contributed by atoms with E-state index in [0.717, 1.165) is 0 Å². The van der Waals surface area contributed by atoms with Crippen LogP contribution in [-0.2, 0) is 32.9 Å². The van der Waals surface area contributed by atoms with E-state index in [-0.39, 0.29) is 12.0 Å². The molecule has 0 saturated carbocycles. The third-order valence-electron chi connectivity index (χ3n) is 5.03. The van der Waals surface area contributed by atoms with E-state index < -0.39 is 64.9 Å². The highest BCUT2D eigenvalue weighted by molar-refractivity contribution is 5.79. The average Bonchev–Trinajstić information content (AvgIpc) is 2.71. The molecule has 0 saturated heterocycles. The summed E-state index contributed by atoms with van der Waals surface area (Å²) in [5, 5.41) is 0. The quantitative estimate of drug-likeness (QED) is 0.293. The molecule has 182 valence electrons. The van der Waals surface area contributed by atoms with Crippen molar-refractivity contribution in [3.8, 4) is 0 Å². The predicted octanol–water partition coefficient (Wildman–Crippen LogP) is 5.74. The van der Waals surface area contributed by atoms with Crippen molar-refractivity contribution in [2.75, 3.05) is 6.61 Å². The van der Waals surface area contributed by atoms with Crippen molar-refractivity contribution in [2.45, 2.75) is 73.0 Å². The van der Waals surface area contributed by atoms with Crippen molar-refractivity contribution < 1.29 is 31.8 Å². The van der Waals surface area contributed by atoms with Gasteiger partial charge in [0.25, 0.3) is 0 Å². The number of hydrogen-bond donors (Lipinski definition) is 0. The second kappa shape index (κ2) is 10.2. The number of esters is 1. The van der Waals surface area contributed by atoms with Crippen LogP contribution in [0.5, 0.6) is 0 Å². The molecule has 0 spiro atoms. The van der Waals surface area contributed by atoms with E-state index in [0.29, 0.717) is 11.4 Å². The average molecular weight is 471 g/mol. The first-order chi connectivity index (χ1) is 15.2. The molecule has 1 aromatic carbocycles. The molecule has 1 aromatic heterocycles. The summed E-state index contributed by atoms with van der Waals surface area (Å²) in [4.78, 5) is 21.6. The highest BCUT2D eigenvalue weighted by Gasteiger charge is 2.36. The van der Waals surface area contributed by atoms with Gasteiger partial charge in [0, 0.05) is 30.0 Å². The summed E-state index contributed by atoms with van der Waals surface area (Å²) < 4.78 is 67.4. The lowest BCUT2D eigenvalue weighted by atomic mass is 9.77. The smallest absolute Gasteiger partial charge is 0.314 e. The van der Waals surface area contributed by atoms with Crippen molar-refractivity contribution in [3.05, 3.63) is 58.2 Å². The Morgan fingerprint density at radius 1 is 0.879 bits per heavy atom. The molecule has 0 N–H and O–H groups in total. The van der Waals surface area contributed by atoms with Crippen molar-refractivity contribution >= 4 is 5.97 Å². The first kappa shape index (κ1) is 26.7. The first-order valence-electron chi connectivity index (χ1n) is 10.6. The Hall–Kier alpha value is -2.55. The highest BCUT2D eigenvalue weighted by Crippen LogP contribution is 2.36. The number of rotatable bonds is 7. The van der Waals surface area contributed by atoms with Crippen molar-refractivity contribution in [1.29, 1.82) is 0 Å². The summed E-state index contributed by atoms with van der Waals surface area (Å²) in [6.07, 6.45) is 3.02. The van der Waals surface area contributed by atoms with Crippen LogP contribution in [-0.4, -0.2) is 22.5 Å². The summed E-state index contributed by atoms with van der Waals surface area (Å²) in [5.74, 6) is -7.53. The Balaban J connectivity index is 2.32. The lowest BCUT2D eigenvalue weighted by Crippen LogP contribution is -2.29. The van der Waals surface area contributed by atoms with Gasteiger partial charge in [0.1, 0.15) is 12.4 Å². The minimum absolute atomic E-state index is 0.107. The van der Waals surface area contributed by atoms with E-state index in [1.807, 2.05) is 20.8 Å². The molecule has 2 aromatic rings. The summed E-state index contributed by atoms with van der Waals surface area (Å²) >= 11 is 0. The zero-order valence-electron chi connectivity index (χ0n) is 20.0. The molecule has 1 heterocycles. The minimum Gasteiger partial charge on any atom is -0.460 e. The van der Waals surface area contributed by atoms with Crippen LogP contribution < -0.4 is 0 Å². The van der Waals surface area contributed by atoms with Crippen LogP contribution in [0, 0.1) is 28.7 Å². The van der Waals surface area contributed by atoms with Crippen LogP contribution >= 0.6 is 0 Å². The third kappa shape index (κ3) is 6.07. The monoisotopic (exact) mass is 470 g/mol. The molecule has 0 bridgehead atoms. The molecule has 1 atom stereocenters. The zero-order valence-corrected chi connectivity index (χ0v) is 20.0. The zero-order chi connectivity index (χ0) is 25.1. The Labute approximate surface area is 191 Å². The second-order valence-corrected chi connectivity index (χ2v) is 9.85. The molecule has 0 aliphatic heterocycles. The van der Waals surface area contributed by atoms with E-state index in [1.165, 1.54) is 12.4 Å². The second-order valence-electron chi connectivity index (χ2n) is 9.85. The molecule has 0 fully saturated rings. The Bertz CT molecular complexity index is 968. The Kier molecular flexibility index (Phi) is 8.22. The number of hydrogen-bond acceptors (Lipinski definition) is 5. The minimum atomic E-state index is -1.62. The fourth-order valence-electron chi connectivity index (χ4n) is 3.27. The number of halogens is 4. The van der Waals surface area contributed by atoms with Crippen LogP contribution in [0.15, 0.2) is 12.4 Å². The summed E-state index contributed by atoms with van der Waals surface area (Å²) in [7, 11) is 0. The van der Waals surface area contributed by atoms with Crippen LogP contribution in [0.2, 0.25) is 0 Å². The number of carbonyl (C=O) groups is 1. The van der Waals surface area contributed by atoms with Crippen molar-refractivity contribution in [3.63, 3.8) is 0 Å². The summed E-state index contributed by atoms with van der Waals surface area (Å²) in [5.41, 5.74) is -2.38. The lowest BCUT2D eigenvalue weighted by molar-refractivity contribution is -0.149. The van der Waals surface area contributed by atoms with Gasteiger partial charge in [0.05, 0.1) is 23.7 Å². The fourth-order valence-corrected chi connectivity index (χ4v) is 3.27. The number of nitrogens with zero attached hydrogens (tertiary/aromatic N) is 2. The van der Waals surface area contributed by atoms with Crippen molar-refractivity contribution in [2.24, 2.45) is 5.41 Å². The van der Waals surface area contributed by atoms with Crippen LogP contribution in [0.25, 0.3) is 0 Å². The van der Waals surface area contributed by atoms with Crippen LogP contribution in [0.1, 0.15) is 76.9 Å². The predicted molar refractivity (Wildman–Crippen MR) is 114 cm³/mol. The fraction of sp³-hybridized carbons (Fsp3) is 0.542. The number of benzene rings is 1. The molecule has 0 amide bonds. The lowest BCUT2D eigenvalue weighted by Gasteiger charge is -2.29. The Morgan fingerprint density at radius 2 is 1.33 bits per heavy atom. The number of ether oxygens (including phenoxy) is 2. The Morgan fingerprint density at radius 3 is 1.73 bits per heavy atom. The number of aromatic nitrogens is 2. The largest absolute Gasteiger partial charge is 0.460 e. The first-order valence-corrected chi connectivity index (χ1v) is 10.6. The topological polar surface area (TPSA) is 61.3 Å². The standard InChI is InChI=1S/C24H30F4N2O3/c1-8-32-11-14-17(25)19(27)15(20(28)18(14)26)12-33-21(31)16(23(2,3)4)13-9-29-22(30-10-13)24(5,6)7/h9-10,16H,8,11-12H2,1-7H3. The molecule has 33 heavy (non-hydrogen) atoms. The van der Waals surface area contributed by atoms with Crippen LogP contribution in [0.4, 0.5) is 17.6 Å². The van der Waals surface area contributed by atoms with E-state index >= 15 is 0 Å². The van der Waals surface area contributed by atoms with Gasteiger partial charge < -0.3 is 9.47 Å². The molecule has 1 unspecified atom stereocenters. The SMILES string of the molecule is CCOCc1c(F)c(F)c(COC(=O)C(c2cnc(C(C)(C)C)nc2)C(C)(C)C)c(F)c1F. The van der Waals surface area contributed by atoms with Gasteiger partial charge in [-0.3, -0.25) is 4.79 Å². The molecular formula is C24H30F4N2O3. The maximum atomic E-state index is 14.4. The van der Waals surface area contributed by atoms with Crippen LogP contribution in [0.3, 0.4) is 0 Å². The van der Waals surface area contributed by atoms with Gasteiger partial charge in [-0.15, -0.1) is 0 Å². The maximum Gasteiger partial charge on any atom is 0.314 e. The van der Waals surface area contributed by atoms with E-state index in [4.69, 9.17) is 9.47 Å². The molecule has 0 aliphatic rings. The van der Waals surface area contributed by atoms with Gasteiger partial charge >= 0.3 is 5.97 Å². The van der Waals surface area contributed by atoms with Gasteiger partial charge in [-0.2, -0.15) is 0 Å². The highest BCUT2D eigenvalue weighted by atomic mass is 19.2. The molecule has 9 heteroatoms. The van der Waals surface area contributed by atoms with Gasteiger partial charge in [-0.25, -0.2) is 27.5 Å². The normalized spacial score (nSPS) is 13.2. The summed E-state index contributed by atoms with van der Waals surface area (Å²) in [6, 6.07) is 0. The van der Waals surface area contributed by atoms with Gasteiger partial charge in [0.2, 0.25) is 0 Å². The molecule has 2 rings (SSSR count).